The first kappa shape index (κ1) is 18.5. The van der Waals surface area contributed by atoms with Gasteiger partial charge in [0.05, 0.1) is 19.9 Å². The zero-order valence-corrected chi connectivity index (χ0v) is 15.4. The molecule has 3 rings (SSSR count). The summed E-state index contributed by atoms with van der Waals surface area (Å²) in [6, 6.07) is 13.8. The average molecular weight is 385 g/mol. The summed E-state index contributed by atoms with van der Waals surface area (Å²) in [5.74, 6) is 1.07. The van der Waals surface area contributed by atoms with Gasteiger partial charge in [0.25, 0.3) is 5.91 Å². The van der Waals surface area contributed by atoms with Crippen LogP contribution in [0.1, 0.15) is 10.5 Å². The van der Waals surface area contributed by atoms with Crippen molar-refractivity contribution in [2.24, 2.45) is 0 Å². The van der Waals surface area contributed by atoms with Gasteiger partial charge >= 0.3 is 0 Å². The summed E-state index contributed by atoms with van der Waals surface area (Å²) in [7, 11) is 3.10. The molecule has 1 heterocycles. The molecule has 1 aromatic heterocycles. The van der Waals surface area contributed by atoms with Crippen LogP contribution >= 0.6 is 11.6 Å². The second-order valence-corrected chi connectivity index (χ2v) is 5.86. The minimum absolute atomic E-state index is 0.192. The van der Waals surface area contributed by atoms with Crippen LogP contribution in [-0.2, 0) is 0 Å². The molecule has 0 aliphatic heterocycles. The number of amides is 1. The molecule has 7 nitrogen and oxygen atoms in total. The van der Waals surface area contributed by atoms with Crippen molar-refractivity contribution in [1.82, 2.24) is 9.97 Å². The van der Waals surface area contributed by atoms with Crippen molar-refractivity contribution in [2.45, 2.75) is 0 Å². The lowest BCUT2D eigenvalue weighted by Gasteiger charge is -2.11. The monoisotopic (exact) mass is 384 g/mol. The van der Waals surface area contributed by atoms with Gasteiger partial charge in [0.15, 0.2) is 0 Å². The van der Waals surface area contributed by atoms with E-state index in [2.05, 4.69) is 20.6 Å². The van der Waals surface area contributed by atoms with Crippen molar-refractivity contribution in [3.05, 3.63) is 65.4 Å². The summed E-state index contributed by atoms with van der Waals surface area (Å²) in [5.41, 5.74) is 1.39. The van der Waals surface area contributed by atoms with E-state index in [1.807, 2.05) is 18.2 Å². The van der Waals surface area contributed by atoms with E-state index < -0.39 is 5.91 Å². The van der Waals surface area contributed by atoms with Crippen molar-refractivity contribution in [2.75, 3.05) is 24.9 Å². The van der Waals surface area contributed by atoms with Gasteiger partial charge in [0.2, 0.25) is 5.95 Å². The minimum atomic E-state index is -0.411. The number of carbonyl (C=O) groups is 1. The Morgan fingerprint density at radius 1 is 1.07 bits per heavy atom. The Balaban J connectivity index is 1.78. The van der Waals surface area contributed by atoms with Gasteiger partial charge in [-0.05, 0) is 36.4 Å². The van der Waals surface area contributed by atoms with E-state index in [0.29, 0.717) is 22.2 Å². The van der Waals surface area contributed by atoms with Gasteiger partial charge < -0.3 is 20.1 Å². The number of nitrogens with zero attached hydrogens (tertiary/aromatic N) is 2. The molecule has 0 radical (unpaired) electrons. The van der Waals surface area contributed by atoms with Crippen LogP contribution < -0.4 is 20.1 Å². The Morgan fingerprint density at radius 3 is 2.70 bits per heavy atom. The molecule has 0 saturated carbocycles. The summed E-state index contributed by atoms with van der Waals surface area (Å²) in [4.78, 5) is 20.9. The lowest BCUT2D eigenvalue weighted by molar-refractivity contribution is 0.102. The topological polar surface area (TPSA) is 85.4 Å². The van der Waals surface area contributed by atoms with Gasteiger partial charge in [-0.2, -0.15) is 0 Å². The quantitative estimate of drug-likeness (QED) is 0.664. The van der Waals surface area contributed by atoms with Gasteiger partial charge in [0, 0.05) is 23.0 Å². The van der Waals surface area contributed by atoms with Crippen LogP contribution in [0.3, 0.4) is 0 Å². The summed E-state index contributed by atoms with van der Waals surface area (Å²) in [6.07, 6.45) is 1.50. The van der Waals surface area contributed by atoms with Crippen LogP contribution in [-0.4, -0.2) is 30.1 Å². The molecule has 2 N–H and O–H groups in total. The average Bonchev–Trinajstić information content (AvgIpc) is 2.68. The predicted molar refractivity (Wildman–Crippen MR) is 104 cm³/mol. The second kappa shape index (κ2) is 8.37. The summed E-state index contributed by atoms with van der Waals surface area (Å²) in [5, 5.41) is 6.26. The molecule has 27 heavy (non-hydrogen) atoms. The maximum absolute atomic E-state index is 12.6. The smallest absolute Gasteiger partial charge is 0.274 e. The predicted octanol–water partition coefficient (Wildman–Crippen LogP) is 4.14. The molecule has 0 aliphatic rings. The SMILES string of the molecule is COc1cccc(Nc2nccc(C(=O)Nc3cc(Cl)ccc3OC)n2)c1. The van der Waals surface area contributed by atoms with Crippen LogP contribution in [0, 0.1) is 0 Å². The number of anilines is 3. The Bertz CT molecular complexity index is 965. The van der Waals surface area contributed by atoms with Crippen LogP contribution in [0.25, 0.3) is 0 Å². The van der Waals surface area contributed by atoms with E-state index in [0.717, 1.165) is 5.69 Å². The molecule has 0 fully saturated rings. The van der Waals surface area contributed by atoms with Crippen LogP contribution in [0.4, 0.5) is 17.3 Å². The number of nitrogens with one attached hydrogen (secondary N) is 2. The molecular weight excluding hydrogens is 368 g/mol. The first-order chi connectivity index (χ1) is 13.1. The van der Waals surface area contributed by atoms with Crippen LogP contribution in [0.15, 0.2) is 54.7 Å². The molecule has 0 aliphatic carbocycles. The number of rotatable bonds is 6. The number of hydrogen-bond donors (Lipinski definition) is 2. The summed E-state index contributed by atoms with van der Waals surface area (Å²) in [6.45, 7) is 0. The maximum Gasteiger partial charge on any atom is 0.274 e. The molecule has 2 aromatic carbocycles. The van der Waals surface area contributed by atoms with E-state index in [4.69, 9.17) is 21.1 Å². The summed E-state index contributed by atoms with van der Waals surface area (Å²) < 4.78 is 10.4. The molecule has 1 amide bonds. The molecule has 0 spiro atoms. The van der Waals surface area contributed by atoms with E-state index in [1.54, 1.807) is 31.4 Å². The Kier molecular flexibility index (Phi) is 5.73. The Hall–Kier alpha value is -3.32. The van der Waals surface area contributed by atoms with Gasteiger partial charge in [-0.1, -0.05) is 17.7 Å². The first-order valence-electron chi connectivity index (χ1n) is 7.98. The minimum Gasteiger partial charge on any atom is -0.497 e. The fraction of sp³-hybridized carbons (Fsp3) is 0.105. The molecule has 0 atom stereocenters. The number of methoxy groups -OCH3 is 2. The normalized spacial score (nSPS) is 10.2. The maximum atomic E-state index is 12.6. The van der Waals surface area contributed by atoms with Crippen molar-refractivity contribution in [1.29, 1.82) is 0 Å². The van der Waals surface area contributed by atoms with Gasteiger partial charge in [-0.3, -0.25) is 4.79 Å². The third kappa shape index (κ3) is 4.65. The third-order valence-electron chi connectivity index (χ3n) is 3.62. The van der Waals surface area contributed by atoms with Gasteiger partial charge in [0.1, 0.15) is 17.2 Å². The highest BCUT2D eigenvalue weighted by molar-refractivity contribution is 6.31. The molecular formula is C19H17ClN4O3. The second-order valence-electron chi connectivity index (χ2n) is 5.42. The Morgan fingerprint density at radius 2 is 1.93 bits per heavy atom. The van der Waals surface area contributed by atoms with Crippen LogP contribution in [0.5, 0.6) is 11.5 Å². The molecule has 0 bridgehead atoms. The largest absolute Gasteiger partial charge is 0.497 e. The first-order valence-corrected chi connectivity index (χ1v) is 8.36. The molecule has 138 valence electrons. The van der Waals surface area contributed by atoms with Crippen molar-refractivity contribution >= 4 is 34.8 Å². The fourth-order valence-electron chi connectivity index (χ4n) is 2.34. The highest BCUT2D eigenvalue weighted by Crippen LogP contribution is 2.28. The molecule has 3 aromatic rings. The van der Waals surface area contributed by atoms with Crippen molar-refractivity contribution < 1.29 is 14.3 Å². The molecule has 0 saturated heterocycles. The number of benzene rings is 2. The lowest BCUT2D eigenvalue weighted by atomic mass is 10.2. The fourth-order valence-corrected chi connectivity index (χ4v) is 2.51. The van der Waals surface area contributed by atoms with Gasteiger partial charge in [-0.25, -0.2) is 9.97 Å². The standard InChI is InChI=1S/C19H17ClN4O3/c1-26-14-5-3-4-13(11-14)22-19-21-9-8-15(24-19)18(25)23-16-10-12(20)6-7-17(16)27-2/h3-11H,1-2H3,(H,23,25)(H,21,22,24). The van der Waals surface area contributed by atoms with Gasteiger partial charge in [-0.15, -0.1) is 0 Å². The molecule has 8 heteroatoms. The number of hydrogen-bond acceptors (Lipinski definition) is 6. The number of aromatic nitrogens is 2. The van der Waals surface area contributed by atoms with E-state index in [9.17, 15) is 4.79 Å². The molecule has 0 unspecified atom stereocenters. The van der Waals surface area contributed by atoms with Crippen molar-refractivity contribution in [3.8, 4) is 11.5 Å². The summed E-state index contributed by atoms with van der Waals surface area (Å²) >= 11 is 5.99. The van der Waals surface area contributed by atoms with E-state index in [-0.39, 0.29) is 11.6 Å². The third-order valence-corrected chi connectivity index (χ3v) is 3.86. The van der Waals surface area contributed by atoms with Crippen molar-refractivity contribution in [3.63, 3.8) is 0 Å². The van der Waals surface area contributed by atoms with E-state index >= 15 is 0 Å². The number of ether oxygens (including phenoxy) is 2. The zero-order valence-electron chi connectivity index (χ0n) is 14.7. The Labute approximate surface area is 161 Å². The lowest BCUT2D eigenvalue weighted by Crippen LogP contribution is -2.15. The zero-order chi connectivity index (χ0) is 19.2. The number of carbonyl (C=O) groups excluding carboxylic acids is 1. The highest BCUT2D eigenvalue weighted by atomic mass is 35.5. The number of halogens is 1. The van der Waals surface area contributed by atoms with E-state index in [1.165, 1.54) is 19.4 Å². The highest BCUT2D eigenvalue weighted by Gasteiger charge is 2.13. The van der Waals surface area contributed by atoms with Crippen LogP contribution in [0.2, 0.25) is 5.02 Å².